The van der Waals surface area contributed by atoms with Crippen LogP contribution >= 0.6 is 11.3 Å². The molecule has 0 saturated heterocycles. The van der Waals surface area contributed by atoms with E-state index in [4.69, 9.17) is 5.53 Å². The fourth-order valence-corrected chi connectivity index (χ4v) is 2.63. The Kier molecular flexibility index (Phi) is 3.41. The van der Waals surface area contributed by atoms with Gasteiger partial charge in [-0.05, 0) is 23.7 Å². The van der Waals surface area contributed by atoms with Gasteiger partial charge in [0, 0.05) is 39.5 Å². The van der Waals surface area contributed by atoms with Gasteiger partial charge in [-0.3, -0.25) is 4.98 Å². The van der Waals surface area contributed by atoms with Crippen molar-refractivity contribution in [2.75, 3.05) is 0 Å². The number of thiazole rings is 1. The topological polar surface area (TPSA) is 74.5 Å². The minimum Gasteiger partial charge on any atom is -0.264 e. The molecule has 0 amide bonds. The van der Waals surface area contributed by atoms with Crippen LogP contribution in [0, 0.1) is 0 Å². The second-order valence-electron chi connectivity index (χ2n) is 4.02. The first-order chi connectivity index (χ1) is 9.86. The van der Waals surface area contributed by atoms with Crippen LogP contribution in [0.3, 0.4) is 0 Å². The quantitative estimate of drug-likeness (QED) is 0.392. The summed E-state index contributed by atoms with van der Waals surface area (Å²) in [5.41, 5.74) is 11.9. The van der Waals surface area contributed by atoms with Gasteiger partial charge in [0.2, 0.25) is 0 Å². The van der Waals surface area contributed by atoms with Crippen LogP contribution in [0.5, 0.6) is 0 Å². The first-order valence-electron chi connectivity index (χ1n) is 5.88. The molecular formula is C14H9N5S. The van der Waals surface area contributed by atoms with E-state index in [2.05, 4.69) is 20.0 Å². The van der Waals surface area contributed by atoms with Crippen molar-refractivity contribution in [3.05, 3.63) is 64.6 Å². The van der Waals surface area contributed by atoms with Gasteiger partial charge in [-0.1, -0.05) is 23.3 Å². The van der Waals surface area contributed by atoms with E-state index < -0.39 is 0 Å². The third kappa shape index (κ3) is 2.51. The lowest BCUT2D eigenvalue weighted by molar-refractivity contribution is 1.31. The Morgan fingerprint density at radius 3 is 2.85 bits per heavy atom. The number of azide groups is 1. The predicted octanol–water partition coefficient (Wildman–Crippen LogP) is 4.81. The van der Waals surface area contributed by atoms with Crippen molar-refractivity contribution in [2.24, 2.45) is 5.11 Å². The van der Waals surface area contributed by atoms with Crippen molar-refractivity contribution in [3.8, 4) is 21.8 Å². The number of hydrogen-bond donors (Lipinski definition) is 0. The Balaban J connectivity index is 1.98. The second-order valence-corrected chi connectivity index (χ2v) is 4.88. The third-order valence-electron chi connectivity index (χ3n) is 2.71. The summed E-state index contributed by atoms with van der Waals surface area (Å²) in [4.78, 5) is 11.5. The summed E-state index contributed by atoms with van der Waals surface area (Å²) < 4.78 is 0. The van der Waals surface area contributed by atoms with Crippen LogP contribution in [0.2, 0.25) is 0 Å². The van der Waals surface area contributed by atoms with Crippen LogP contribution in [-0.4, -0.2) is 9.97 Å². The zero-order valence-electron chi connectivity index (χ0n) is 10.3. The van der Waals surface area contributed by atoms with Crippen molar-refractivity contribution in [1.82, 2.24) is 9.97 Å². The summed E-state index contributed by atoms with van der Waals surface area (Å²) in [7, 11) is 0. The van der Waals surface area contributed by atoms with E-state index in [1.807, 2.05) is 35.7 Å². The molecule has 1 aromatic carbocycles. The Labute approximate surface area is 119 Å². The van der Waals surface area contributed by atoms with Crippen LogP contribution in [0.25, 0.3) is 32.3 Å². The third-order valence-corrected chi connectivity index (χ3v) is 3.61. The molecule has 6 heteroatoms. The van der Waals surface area contributed by atoms with Crippen molar-refractivity contribution in [3.63, 3.8) is 0 Å². The van der Waals surface area contributed by atoms with Gasteiger partial charge in [-0.25, -0.2) is 4.98 Å². The molecule has 0 radical (unpaired) electrons. The Morgan fingerprint density at radius 2 is 2.05 bits per heavy atom. The van der Waals surface area contributed by atoms with E-state index in [1.165, 1.54) is 0 Å². The molecular weight excluding hydrogens is 270 g/mol. The highest BCUT2D eigenvalue weighted by Crippen LogP contribution is 2.30. The molecule has 0 atom stereocenters. The fraction of sp³-hybridized carbons (Fsp3) is 0. The van der Waals surface area contributed by atoms with E-state index in [0.29, 0.717) is 5.69 Å². The summed E-state index contributed by atoms with van der Waals surface area (Å²) >= 11 is 1.55. The monoisotopic (exact) mass is 279 g/mol. The summed E-state index contributed by atoms with van der Waals surface area (Å²) in [6.45, 7) is 0. The Hall–Kier alpha value is -2.69. The first kappa shape index (κ1) is 12.3. The van der Waals surface area contributed by atoms with Gasteiger partial charge in [0.15, 0.2) is 0 Å². The molecule has 3 aromatic rings. The molecule has 0 saturated carbocycles. The summed E-state index contributed by atoms with van der Waals surface area (Å²) in [6, 6.07) is 11.2. The number of pyridine rings is 1. The van der Waals surface area contributed by atoms with E-state index in [1.54, 1.807) is 29.8 Å². The molecule has 5 nitrogen and oxygen atoms in total. The van der Waals surface area contributed by atoms with E-state index in [9.17, 15) is 0 Å². The lowest BCUT2D eigenvalue weighted by Gasteiger charge is -1.97. The Bertz CT molecular complexity index is 775. The van der Waals surface area contributed by atoms with E-state index >= 15 is 0 Å². The predicted molar refractivity (Wildman–Crippen MR) is 79.6 cm³/mol. The highest BCUT2D eigenvalue weighted by atomic mass is 32.1. The van der Waals surface area contributed by atoms with E-state index in [-0.39, 0.29) is 0 Å². The fourth-order valence-electron chi connectivity index (χ4n) is 1.81. The molecule has 20 heavy (non-hydrogen) atoms. The van der Waals surface area contributed by atoms with Crippen LogP contribution in [0.4, 0.5) is 5.69 Å². The standard InChI is InChI=1S/C14H9N5S/c15-19-18-12-5-1-3-10(7-12)14-17-13(9-20-14)11-4-2-6-16-8-11/h1-9H. The largest absolute Gasteiger partial charge is 0.264 e. The maximum absolute atomic E-state index is 8.47. The van der Waals surface area contributed by atoms with Gasteiger partial charge >= 0.3 is 0 Å². The van der Waals surface area contributed by atoms with Gasteiger partial charge in [0.1, 0.15) is 5.01 Å². The van der Waals surface area contributed by atoms with Crippen LogP contribution < -0.4 is 0 Å². The summed E-state index contributed by atoms with van der Waals surface area (Å²) in [6.07, 6.45) is 3.52. The molecule has 2 heterocycles. The average Bonchev–Trinajstić information content (AvgIpc) is 2.99. The zero-order valence-corrected chi connectivity index (χ0v) is 11.2. The molecule has 0 aliphatic rings. The Morgan fingerprint density at radius 1 is 1.15 bits per heavy atom. The number of nitrogens with zero attached hydrogens (tertiary/aromatic N) is 5. The summed E-state index contributed by atoms with van der Waals surface area (Å²) in [5, 5.41) is 6.49. The van der Waals surface area contributed by atoms with Crippen molar-refractivity contribution >= 4 is 17.0 Å². The molecule has 0 N–H and O–H groups in total. The lowest BCUT2D eigenvalue weighted by atomic mass is 10.2. The highest BCUT2D eigenvalue weighted by molar-refractivity contribution is 7.13. The highest BCUT2D eigenvalue weighted by Gasteiger charge is 2.06. The number of hydrogen-bond acceptors (Lipinski definition) is 4. The minimum absolute atomic E-state index is 0.586. The van der Waals surface area contributed by atoms with Crippen molar-refractivity contribution in [1.29, 1.82) is 0 Å². The average molecular weight is 279 g/mol. The van der Waals surface area contributed by atoms with Gasteiger partial charge in [0.05, 0.1) is 5.69 Å². The zero-order chi connectivity index (χ0) is 13.8. The number of aromatic nitrogens is 2. The molecule has 96 valence electrons. The molecule has 0 aliphatic heterocycles. The van der Waals surface area contributed by atoms with Gasteiger partial charge in [-0.2, -0.15) is 0 Å². The summed E-state index contributed by atoms with van der Waals surface area (Å²) in [5.74, 6) is 0. The van der Waals surface area contributed by atoms with Crippen LogP contribution in [0.1, 0.15) is 0 Å². The molecule has 0 fully saturated rings. The normalized spacial score (nSPS) is 10.0. The van der Waals surface area contributed by atoms with Crippen LogP contribution in [-0.2, 0) is 0 Å². The maximum atomic E-state index is 8.47. The molecule has 0 aliphatic carbocycles. The molecule has 0 bridgehead atoms. The van der Waals surface area contributed by atoms with Crippen molar-refractivity contribution in [2.45, 2.75) is 0 Å². The number of rotatable bonds is 3. The minimum atomic E-state index is 0.586. The SMILES string of the molecule is [N-]=[N+]=Nc1cccc(-c2nc(-c3cccnc3)cs2)c1. The number of benzene rings is 1. The molecule has 2 aromatic heterocycles. The van der Waals surface area contributed by atoms with Gasteiger partial charge < -0.3 is 0 Å². The molecule has 3 rings (SSSR count). The van der Waals surface area contributed by atoms with Gasteiger partial charge in [0.25, 0.3) is 0 Å². The van der Waals surface area contributed by atoms with Crippen LogP contribution in [0.15, 0.2) is 59.3 Å². The molecule has 0 spiro atoms. The van der Waals surface area contributed by atoms with E-state index in [0.717, 1.165) is 21.8 Å². The smallest absolute Gasteiger partial charge is 0.124 e. The lowest BCUT2D eigenvalue weighted by Crippen LogP contribution is -1.80. The van der Waals surface area contributed by atoms with Crippen molar-refractivity contribution < 1.29 is 0 Å². The maximum Gasteiger partial charge on any atom is 0.124 e. The second kappa shape index (κ2) is 5.52. The molecule has 0 unspecified atom stereocenters. The first-order valence-corrected chi connectivity index (χ1v) is 6.76. The van der Waals surface area contributed by atoms with Gasteiger partial charge in [-0.15, -0.1) is 11.3 Å².